The molecule has 0 fully saturated rings. The van der Waals surface area contributed by atoms with Crippen molar-refractivity contribution in [3.8, 4) is 0 Å². The molecule has 15 heavy (non-hydrogen) atoms. The number of rotatable bonds is 2. The van der Waals surface area contributed by atoms with E-state index in [-0.39, 0.29) is 0 Å². The van der Waals surface area contributed by atoms with E-state index in [4.69, 9.17) is 0 Å². The predicted molar refractivity (Wildman–Crippen MR) is 63.2 cm³/mol. The summed E-state index contributed by atoms with van der Waals surface area (Å²) in [4.78, 5) is 0. The minimum absolute atomic E-state index is 0.376. The Bertz CT molecular complexity index is 365. The third-order valence-electron chi connectivity index (χ3n) is 2.97. The molecule has 0 spiro atoms. The van der Waals surface area contributed by atoms with Crippen LogP contribution in [0.1, 0.15) is 31.4 Å². The zero-order valence-electron chi connectivity index (χ0n) is 9.67. The highest BCUT2D eigenvalue weighted by Crippen LogP contribution is 2.31. The zero-order valence-corrected chi connectivity index (χ0v) is 9.67. The van der Waals surface area contributed by atoms with Gasteiger partial charge in [0.25, 0.3) is 0 Å². The second-order valence-corrected chi connectivity index (χ2v) is 5.16. The first-order valence-electron chi connectivity index (χ1n) is 5.53. The van der Waals surface area contributed by atoms with Crippen LogP contribution in [0.25, 0.3) is 0 Å². The molecule has 0 amide bonds. The summed E-state index contributed by atoms with van der Waals surface area (Å²) < 4.78 is 0. The molecule has 1 aromatic rings. The molecule has 0 saturated carbocycles. The van der Waals surface area contributed by atoms with E-state index in [0.29, 0.717) is 6.04 Å². The topological polar surface area (TPSA) is 32.3 Å². The summed E-state index contributed by atoms with van der Waals surface area (Å²) in [7, 11) is 0. The van der Waals surface area contributed by atoms with Crippen molar-refractivity contribution in [3.05, 3.63) is 29.3 Å². The SMILES string of the molecule is Cc1cccc2c1CC(CC(C)(C)O)N2. The zero-order chi connectivity index (χ0) is 11.1. The third kappa shape index (κ3) is 2.32. The standard InChI is InChI=1S/C13H19NO/c1-9-5-4-6-12-11(9)7-10(14-12)8-13(2,3)15/h4-6,10,14-15H,7-8H2,1-3H3. The number of aryl methyl sites for hydroxylation is 1. The first-order valence-corrected chi connectivity index (χ1v) is 5.53. The lowest BCUT2D eigenvalue weighted by atomic mass is 9.96. The Hall–Kier alpha value is -1.02. The quantitative estimate of drug-likeness (QED) is 0.777. The molecule has 2 N–H and O–H groups in total. The van der Waals surface area contributed by atoms with Crippen molar-refractivity contribution in [2.75, 3.05) is 5.32 Å². The number of anilines is 1. The number of hydrogen-bond acceptors (Lipinski definition) is 2. The molecule has 1 unspecified atom stereocenters. The minimum atomic E-state index is -0.590. The van der Waals surface area contributed by atoms with Crippen molar-refractivity contribution in [3.63, 3.8) is 0 Å². The lowest BCUT2D eigenvalue weighted by Gasteiger charge is -2.22. The van der Waals surface area contributed by atoms with Crippen molar-refractivity contribution >= 4 is 5.69 Å². The maximum atomic E-state index is 9.79. The normalized spacial score (nSPS) is 19.9. The molecule has 1 aromatic carbocycles. The van der Waals surface area contributed by atoms with Crippen LogP contribution in [0, 0.1) is 6.92 Å². The van der Waals surface area contributed by atoms with Crippen LogP contribution >= 0.6 is 0 Å². The maximum Gasteiger partial charge on any atom is 0.0611 e. The third-order valence-corrected chi connectivity index (χ3v) is 2.97. The van der Waals surface area contributed by atoms with Gasteiger partial charge in [-0.05, 0) is 50.8 Å². The predicted octanol–water partition coefficient (Wildman–Crippen LogP) is 2.49. The molecule has 0 radical (unpaired) electrons. The van der Waals surface area contributed by atoms with Gasteiger partial charge in [-0.2, -0.15) is 0 Å². The summed E-state index contributed by atoms with van der Waals surface area (Å²) >= 11 is 0. The largest absolute Gasteiger partial charge is 0.390 e. The van der Waals surface area contributed by atoms with Gasteiger partial charge >= 0.3 is 0 Å². The number of nitrogens with one attached hydrogen (secondary N) is 1. The van der Waals surface area contributed by atoms with E-state index in [2.05, 4.69) is 30.4 Å². The van der Waals surface area contributed by atoms with E-state index in [0.717, 1.165) is 12.8 Å². The second kappa shape index (κ2) is 3.53. The molecule has 1 heterocycles. The first-order chi connectivity index (χ1) is 6.96. The number of fused-ring (bicyclic) bond motifs is 1. The summed E-state index contributed by atoms with van der Waals surface area (Å²) in [5.41, 5.74) is 3.41. The summed E-state index contributed by atoms with van der Waals surface area (Å²) in [5, 5.41) is 13.3. The molecule has 2 heteroatoms. The van der Waals surface area contributed by atoms with E-state index < -0.39 is 5.60 Å². The van der Waals surface area contributed by atoms with Gasteiger partial charge < -0.3 is 10.4 Å². The van der Waals surface area contributed by atoms with Gasteiger partial charge in [-0.1, -0.05) is 12.1 Å². The van der Waals surface area contributed by atoms with E-state index in [1.165, 1.54) is 16.8 Å². The minimum Gasteiger partial charge on any atom is -0.390 e. The highest BCUT2D eigenvalue weighted by atomic mass is 16.3. The van der Waals surface area contributed by atoms with Crippen molar-refractivity contribution in [2.24, 2.45) is 0 Å². The van der Waals surface area contributed by atoms with Crippen LogP contribution in [0.2, 0.25) is 0 Å². The average Bonchev–Trinajstić information content (AvgIpc) is 2.45. The first kappa shape index (κ1) is 10.5. The fourth-order valence-corrected chi connectivity index (χ4v) is 2.35. The summed E-state index contributed by atoms with van der Waals surface area (Å²) in [6.45, 7) is 5.88. The molecule has 2 nitrogen and oxygen atoms in total. The molecule has 0 bridgehead atoms. The van der Waals surface area contributed by atoms with Gasteiger partial charge in [-0.15, -0.1) is 0 Å². The summed E-state index contributed by atoms with van der Waals surface area (Å²) in [5.74, 6) is 0. The molecular weight excluding hydrogens is 186 g/mol. The number of benzene rings is 1. The fraction of sp³-hybridized carbons (Fsp3) is 0.538. The second-order valence-electron chi connectivity index (χ2n) is 5.16. The van der Waals surface area contributed by atoms with Crippen molar-refractivity contribution in [2.45, 2.75) is 45.3 Å². The van der Waals surface area contributed by atoms with Crippen LogP contribution in [0.5, 0.6) is 0 Å². The maximum absolute atomic E-state index is 9.79. The van der Waals surface area contributed by atoms with Gasteiger partial charge in [0.05, 0.1) is 5.60 Å². The Morgan fingerprint density at radius 2 is 2.20 bits per heavy atom. The van der Waals surface area contributed by atoms with Crippen LogP contribution in [0.15, 0.2) is 18.2 Å². The van der Waals surface area contributed by atoms with E-state index in [9.17, 15) is 5.11 Å². The van der Waals surface area contributed by atoms with Gasteiger partial charge in [-0.3, -0.25) is 0 Å². The van der Waals surface area contributed by atoms with Crippen LogP contribution in [0.3, 0.4) is 0 Å². The van der Waals surface area contributed by atoms with Crippen molar-refractivity contribution in [1.29, 1.82) is 0 Å². The van der Waals surface area contributed by atoms with Gasteiger partial charge in [0.2, 0.25) is 0 Å². The molecule has 1 atom stereocenters. The lowest BCUT2D eigenvalue weighted by Crippen LogP contribution is -2.29. The molecule has 1 aliphatic rings. The molecule has 2 rings (SSSR count). The summed E-state index contributed by atoms with van der Waals surface area (Å²) in [6.07, 6.45) is 1.83. The highest BCUT2D eigenvalue weighted by molar-refractivity contribution is 5.59. The Morgan fingerprint density at radius 3 is 2.80 bits per heavy atom. The molecule has 0 aromatic heterocycles. The van der Waals surface area contributed by atoms with E-state index in [1.54, 1.807) is 0 Å². The Labute approximate surface area is 91.3 Å². The monoisotopic (exact) mass is 205 g/mol. The van der Waals surface area contributed by atoms with Crippen LogP contribution in [-0.4, -0.2) is 16.7 Å². The van der Waals surface area contributed by atoms with Gasteiger partial charge in [0.1, 0.15) is 0 Å². The van der Waals surface area contributed by atoms with Gasteiger partial charge in [-0.25, -0.2) is 0 Å². The van der Waals surface area contributed by atoms with Crippen LogP contribution in [-0.2, 0) is 6.42 Å². The molecular formula is C13H19NO. The molecule has 1 aliphatic heterocycles. The highest BCUT2D eigenvalue weighted by Gasteiger charge is 2.26. The Morgan fingerprint density at radius 1 is 1.47 bits per heavy atom. The Kier molecular flexibility index (Phi) is 2.47. The number of aliphatic hydroxyl groups is 1. The lowest BCUT2D eigenvalue weighted by molar-refractivity contribution is 0.0663. The van der Waals surface area contributed by atoms with Gasteiger partial charge in [0.15, 0.2) is 0 Å². The molecule has 82 valence electrons. The van der Waals surface area contributed by atoms with Crippen molar-refractivity contribution in [1.82, 2.24) is 0 Å². The van der Waals surface area contributed by atoms with Crippen LogP contribution in [0.4, 0.5) is 5.69 Å². The number of hydrogen-bond donors (Lipinski definition) is 2. The van der Waals surface area contributed by atoms with E-state index in [1.807, 2.05) is 13.8 Å². The molecule has 0 aliphatic carbocycles. The smallest absolute Gasteiger partial charge is 0.0611 e. The van der Waals surface area contributed by atoms with E-state index >= 15 is 0 Å². The summed E-state index contributed by atoms with van der Waals surface area (Å²) in [6, 6.07) is 6.72. The molecule has 0 saturated heterocycles. The van der Waals surface area contributed by atoms with Gasteiger partial charge in [0, 0.05) is 11.7 Å². The van der Waals surface area contributed by atoms with Crippen LogP contribution < -0.4 is 5.32 Å². The fourth-order valence-electron chi connectivity index (χ4n) is 2.35. The van der Waals surface area contributed by atoms with Crippen molar-refractivity contribution < 1.29 is 5.11 Å². The Balaban J connectivity index is 2.13. The average molecular weight is 205 g/mol.